The Morgan fingerprint density at radius 1 is 1.53 bits per heavy atom. The van der Waals surface area contributed by atoms with Crippen LogP contribution in [0.4, 0.5) is 4.39 Å². The molecule has 0 spiro atoms. The fourth-order valence-corrected chi connectivity index (χ4v) is 1.63. The lowest BCUT2D eigenvalue weighted by atomic mass is 9.99. The summed E-state index contributed by atoms with van der Waals surface area (Å²) in [6.07, 6.45) is 0.683. The molecule has 0 fully saturated rings. The third-order valence-corrected chi connectivity index (χ3v) is 3.15. The molecular weight excluding hydrogens is 249 g/mol. The van der Waals surface area contributed by atoms with Crippen LogP contribution < -0.4 is 10.1 Å². The molecule has 1 amide bonds. The molecule has 0 aliphatic rings. The van der Waals surface area contributed by atoms with Gasteiger partial charge in [0.15, 0.2) is 11.6 Å². The van der Waals surface area contributed by atoms with Crippen molar-refractivity contribution in [3.05, 3.63) is 29.6 Å². The van der Waals surface area contributed by atoms with Crippen molar-refractivity contribution in [1.82, 2.24) is 5.32 Å². The van der Waals surface area contributed by atoms with Crippen molar-refractivity contribution in [2.45, 2.75) is 32.2 Å². The number of rotatable bonds is 6. The van der Waals surface area contributed by atoms with Crippen LogP contribution in [0.2, 0.25) is 0 Å². The van der Waals surface area contributed by atoms with Gasteiger partial charge in [0, 0.05) is 0 Å². The standard InChI is InChI=1S/C14H20FNO3/c1-4-14(2,9-17)16-13(18)8-10-5-6-12(19-3)11(15)7-10/h5-7,17H,4,8-9H2,1-3H3,(H,16,18). The van der Waals surface area contributed by atoms with Gasteiger partial charge in [0.1, 0.15) is 0 Å². The van der Waals surface area contributed by atoms with E-state index >= 15 is 0 Å². The minimum Gasteiger partial charge on any atom is -0.494 e. The summed E-state index contributed by atoms with van der Waals surface area (Å²) in [5.41, 5.74) is -0.0746. The number of methoxy groups -OCH3 is 1. The minimum absolute atomic E-state index is 0.0660. The first-order valence-electron chi connectivity index (χ1n) is 6.18. The summed E-state index contributed by atoms with van der Waals surface area (Å²) in [7, 11) is 1.39. The zero-order chi connectivity index (χ0) is 14.5. The lowest BCUT2D eigenvalue weighted by molar-refractivity contribution is -0.122. The van der Waals surface area contributed by atoms with Gasteiger partial charge in [-0.3, -0.25) is 4.79 Å². The molecule has 0 aliphatic heterocycles. The molecule has 0 radical (unpaired) electrons. The van der Waals surface area contributed by atoms with Crippen LogP contribution in [0.15, 0.2) is 18.2 Å². The molecule has 106 valence electrons. The number of halogens is 1. The molecule has 19 heavy (non-hydrogen) atoms. The second-order valence-electron chi connectivity index (χ2n) is 4.77. The highest BCUT2D eigenvalue weighted by Gasteiger charge is 2.23. The first-order chi connectivity index (χ1) is 8.94. The summed E-state index contributed by atoms with van der Waals surface area (Å²) < 4.78 is 18.3. The van der Waals surface area contributed by atoms with E-state index in [1.54, 1.807) is 13.0 Å². The number of nitrogens with one attached hydrogen (secondary N) is 1. The summed E-state index contributed by atoms with van der Waals surface area (Å²) in [5.74, 6) is -0.589. The number of carbonyl (C=O) groups excluding carboxylic acids is 1. The van der Waals surface area contributed by atoms with Gasteiger partial charge in [-0.1, -0.05) is 13.0 Å². The van der Waals surface area contributed by atoms with E-state index in [1.807, 2.05) is 6.92 Å². The van der Waals surface area contributed by atoms with Gasteiger partial charge < -0.3 is 15.2 Å². The minimum atomic E-state index is -0.637. The SMILES string of the molecule is CCC(C)(CO)NC(=O)Cc1ccc(OC)c(F)c1. The summed E-state index contributed by atoms with van der Waals surface area (Å²) in [6.45, 7) is 3.51. The van der Waals surface area contributed by atoms with Crippen molar-refractivity contribution in [2.24, 2.45) is 0 Å². The molecule has 0 bridgehead atoms. The average Bonchev–Trinajstić information content (AvgIpc) is 2.38. The molecule has 4 nitrogen and oxygen atoms in total. The fraction of sp³-hybridized carbons (Fsp3) is 0.500. The van der Waals surface area contributed by atoms with Gasteiger partial charge in [-0.15, -0.1) is 0 Å². The number of carbonyl (C=O) groups is 1. The molecule has 0 aliphatic carbocycles. The molecule has 0 saturated heterocycles. The van der Waals surface area contributed by atoms with Gasteiger partial charge in [-0.05, 0) is 31.0 Å². The molecule has 1 unspecified atom stereocenters. The number of amides is 1. The molecular formula is C14H20FNO3. The number of ether oxygens (including phenoxy) is 1. The van der Waals surface area contributed by atoms with E-state index < -0.39 is 11.4 Å². The summed E-state index contributed by atoms with van der Waals surface area (Å²) >= 11 is 0. The van der Waals surface area contributed by atoms with Crippen LogP contribution in [0.5, 0.6) is 5.75 Å². The number of aliphatic hydroxyl groups excluding tert-OH is 1. The lowest BCUT2D eigenvalue weighted by Crippen LogP contribution is -2.48. The van der Waals surface area contributed by atoms with Crippen molar-refractivity contribution in [3.63, 3.8) is 0 Å². The zero-order valence-electron chi connectivity index (χ0n) is 11.5. The topological polar surface area (TPSA) is 58.6 Å². The van der Waals surface area contributed by atoms with Crippen molar-refractivity contribution in [2.75, 3.05) is 13.7 Å². The van der Waals surface area contributed by atoms with E-state index in [0.717, 1.165) is 0 Å². The Labute approximate surface area is 112 Å². The first-order valence-corrected chi connectivity index (χ1v) is 6.18. The fourth-order valence-electron chi connectivity index (χ4n) is 1.63. The predicted molar refractivity (Wildman–Crippen MR) is 70.6 cm³/mol. The van der Waals surface area contributed by atoms with Crippen LogP contribution in [0.25, 0.3) is 0 Å². The van der Waals surface area contributed by atoms with Crippen LogP contribution in [0.3, 0.4) is 0 Å². The van der Waals surface area contributed by atoms with Crippen LogP contribution in [-0.2, 0) is 11.2 Å². The molecule has 1 aromatic rings. The summed E-state index contributed by atoms with van der Waals surface area (Å²) in [4.78, 5) is 11.8. The molecule has 1 atom stereocenters. The maximum Gasteiger partial charge on any atom is 0.224 e. The van der Waals surface area contributed by atoms with E-state index in [2.05, 4.69) is 5.32 Å². The first kappa shape index (κ1) is 15.4. The molecule has 0 aromatic heterocycles. The van der Waals surface area contributed by atoms with Gasteiger partial charge >= 0.3 is 0 Å². The second-order valence-corrected chi connectivity index (χ2v) is 4.77. The smallest absolute Gasteiger partial charge is 0.224 e. The van der Waals surface area contributed by atoms with Gasteiger partial charge in [0.25, 0.3) is 0 Å². The maximum absolute atomic E-state index is 13.5. The molecule has 1 rings (SSSR count). The molecule has 0 heterocycles. The van der Waals surface area contributed by atoms with Gasteiger partial charge in [-0.2, -0.15) is 0 Å². The predicted octanol–water partition coefficient (Wildman–Crippen LogP) is 1.65. The molecule has 0 saturated carbocycles. The van der Waals surface area contributed by atoms with Gasteiger partial charge in [-0.25, -0.2) is 4.39 Å². The highest BCUT2D eigenvalue weighted by molar-refractivity contribution is 5.79. The number of benzene rings is 1. The van der Waals surface area contributed by atoms with E-state index in [4.69, 9.17) is 4.74 Å². The Hall–Kier alpha value is -1.62. The van der Waals surface area contributed by atoms with E-state index in [9.17, 15) is 14.3 Å². The normalized spacial score (nSPS) is 13.7. The van der Waals surface area contributed by atoms with Crippen LogP contribution >= 0.6 is 0 Å². The third-order valence-electron chi connectivity index (χ3n) is 3.15. The Bertz CT molecular complexity index is 444. The Morgan fingerprint density at radius 2 is 2.21 bits per heavy atom. The maximum atomic E-state index is 13.5. The molecule has 2 N–H and O–H groups in total. The van der Waals surface area contributed by atoms with Crippen molar-refractivity contribution in [1.29, 1.82) is 0 Å². The van der Waals surface area contributed by atoms with Crippen LogP contribution in [0.1, 0.15) is 25.8 Å². The average molecular weight is 269 g/mol. The van der Waals surface area contributed by atoms with Gasteiger partial charge in [0.2, 0.25) is 5.91 Å². The highest BCUT2D eigenvalue weighted by atomic mass is 19.1. The second kappa shape index (κ2) is 6.52. The van der Waals surface area contributed by atoms with E-state index in [0.29, 0.717) is 12.0 Å². The summed E-state index contributed by atoms with van der Waals surface area (Å²) in [6, 6.07) is 4.41. The van der Waals surface area contributed by atoms with Crippen LogP contribution in [-0.4, -0.2) is 30.3 Å². The zero-order valence-corrected chi connectivity index (χ0v) is 11.5. The number of hydrogen-bond donors (Lipinski definition) is 2. The van der Waals surface area contributed by atoms with Crippen molar-refractivity contribution < 1.29 is 19.0 Å². The largest absolute Gasteiger partial charge is 0.494 e. The molecule has 5 heteroatoms. The molecule has 1 aromatic carbocycles. The lowest BCUT2D eigenvalue weighted by Gasteiger charge is -2.27. The number of aliphatic hydroxyl groups is 1. The number of hydrogen-bond acceptors (Lipinski definition) is 3. The Morgan fingerprint density at radius 3 is 2.68 bits per heavy atom. The van der Waals surface area contributed by atoms with Crippen LogP contribution in [0, 0.1) is 5.82 Å². The van der Waals surface area contributed by atoms with Crippen molar-refractivity contribution >= 4 is 5.91 Å². The Balaban J connectivity index is 2.70. The quantitative estimate of drug-likeness (QED) is 0.825. The van der Waals surface area contributed by atoms with E-state index in [1.165, 1.54) is 19.2 Å². The highest BCUT2D eigenvalue weighted by Crippen LogP contribution is 2.18. The third kappa shape index (κ3) is 4.21. The monoisotopic (exact) mass is 269 g/mol. The van der Waals surface area contributed by atoms with Crippen molar-refractivity contribution in [3.8, 4) is 5.75 Å². The summed E-state index contributed by atoms with van der Waals surface area (Å²) in [5, 5.41) is 12.0. The van der Waals surface area contributed by atoms with Gasteiger partial charge in [0.05, 0.1) is 25.7 Å². The Kier molecular flexibility index (Phi) is 5.30. The van der Waals surface area contributed by atoms with E-state index in [-0.39, 0.29) is 24.7 Å².